The monoisotopic (exact) mass is 371 g/mol. The van der Waals surface area contributed by atoms with Crippen LogP contribution in [-0.2, 0) is 0 Å². The van der Waals surface area contributed by atoms with Crippen LogP contribution in [0.1, 0.15) is 63.8 Å². The van der Waals surface area contributed by atoms with Crippen molar-refractivity contribution in [1.82, 2.24) is 0 Å². The molecule has 2 rings (SSSR count). The van der Waals surface area contributed by atoms with Gasteiger partial charge in [0.1, 0.15) is 5.75 Å². The molecule has 0 unspecified atom stereocenters. The summed E-state index contributed by atoms with van der Waals surface area (Å²) < 4.78 is 6.14. The Bertz CT molecular complexity index is 653. The summed E-state index contributed by atoms with van der Waals surface area (Å²) in [5.74, 6) is 0.975. The molecule has 2 nitrogen and oxygen atoms in total. The van der Waals surface area contributed by atoms with Gasteiger partial charge in [-0.25, -0.2) is 0 Å². The zero-order valence-corrected chi connectivity index (χ0v) is 17.5. The summed E-state index contributed by atoms with van der Waals surface area (Å²) in [4.78, 5) is 3.77. The summed E-state index contributed by atoms with van der Waals surface area (Å²) in [6.45, 7) is 10.9. The van der Waals surface area contributed by atoms with Crippen molar-refractivity contribution in [2.75, 3.05) is 18.0 Å². The molecule has 0 aliphatic rings. The first kappa shape index (κ1) is 20.6. The predicted octanol–water partition coefficient (Wildman–Crippen LogP) is 7.11. The molecule has 0 spiro atoms. The van der Waals surface area contributed by atoms with Crippen LogP contribution in [0.25, 0.3) is 12.2 Å². The second-order valence-electron chi connectivity index (χ2n) is 6.93. The highest BCUT2D eigenvalue weighted by Gasteiger charge is 2.11. The normalized spacial score (nSPS) is 11.4. The smallest absolute Gasteiger partial charge is 0.128 e. The SMILES string of the molecule is CCCCN(CCCC)c1ccc(C=Cc2cccs2)c(OC(C)C)c1. The van der Waals surface area contributed by atoms with Crippen LogP contribution in [0.15, 0.2) is 35.7 Å². The van der Waals surface area contributed by atoms with Crippen LogP contribution in [-0.4, -0.2) is 19.2 Å². The first-order chi connectivity index (χ1) is 12.6. The molecule has 0 radical (unpaired) electrons. The Hall–Kier alpha value is -1.74. The number of hydrogen-bond donors (Lipinski definition) is 0. The Kier molecular flexibility index (Phi) is 8.76. The van der Waals surface area contributed by atoms with Gasteiger partial charge in [-0.1, -0.05) is 32.8 Å². The lowest BCUT2D eigenvalue weighted by Gasteiger charge is -2.26. The molecule has 0 aliphatic heterocycles. The highest BCUT2D eigenvalue weighted by Crippen LogP contribution is 2.29. The van der Waals surface area contributed by atoms with Gasteiger partial charge < -0.3 is 9.64 Å². The molecule has 0 bridgehead atoms. The van der Waals surface area contributed by atoms with Crippen molar-refractivity contribution >= 4 is 29.2 Å². The molecule has 0 saturated carbocycles. The van der Waals surface area contributed by atoms with Crippen molar-refractivity contribution in [3.63, 3.8) is 0 Å². The zero-order valence-electron chi connectivity index (χ0n) is 16.7. The standard InChI is InChI=1S/C23H33NOS/c1-5-7-15-24(16-8-6-2)21-13-11-20(23(18-21)25-19(3)4)12-14-22-10-9-17-26-22/h9-14,17-19H,5-8,15-16H2,1-4H3. The van der Waals surface area contributed by atoms with Gasteiger partial charge in [-0.15, -0.1) is 11.3 Å². The Morgan fingerprint density at radius 3 is 2.35 bits per heavy atom. The summed E-state index contributed by atoms with van der Waals surface area (Å²) in [6, 6.07) is 10.9. The molecule has 142 valence electrons. The molecule has 2 aromatic rings. The van der Waals surface area contributed by atoms with Crippen LogP contribution in [0.4, 0.5) is 5.69 Å². The molecule has 1 aromatic heterocycles. The van der Waals surface area contributed by atoms with E-state index in [1.807, 2.05) is 0 Å². The summed E-state index contributed by atoms with van der Waals surface area (Å²) in [5.41, 5.74) is 2.41. The molecule has 0 amide bonds. The third-order valence-corrected chi connectivity index (χ3v) is 5.10. The Labute approximate surface area is 163 Å². The van der Waals surface area contributed by atoms with Crippen molar-refractivity contribution in [2.45, 2.75) is 59.5 Å². The van der Waals surface area contributed by atoms with E-state index < -0.39 is 0 Å². The molecule has 0 atom stereocenters. The maximum absolute atomic E-state index is 6.14. The third-order valence-electron chi connectivity index (χ3n) is 4.26. The fourth-order valence-corrected chi connectivity index (χ4v) is 3.46. The van der Waals surface area contributed by atoms with Crippen LogP contribution in [0.2, 0.25) is 0 Å². The predicted molar refractivity (Wildman–Crippen MR) is 117 cm³/mol. The fourth-order valence-electron chi connectivity index (χ4n) is 2.84. The quantitative estimate of drug-likeness (QED) is 0.417. The van der Waals surface area contributed by atoms with Gasteiger partial charge in [-0.3, -0.25) is 0 Å². The number of hydrogen-bond acceptors (Lipinski definition) is 3. The van der Waals surface area contributed by atoms with Crippen LogP contribution in [0.5, 0.6) is 5.75 Å². The second-order valence-corrected chi connectivity index (χ2v) is 7.91. The maximum Gasteiger partial charge on any atom is 0.128 e. The average Bonchev–Trinajstić information content (AvgIpc) is 3.14. The largest absolute Gasteiger partial charge is 0.490 e. The molecule has 26 heavy (non-hydrogen) atoms. The average molecular weight is 372 g/mol. The number of thiophene rings is 1. The lowest BCUT2D eigenvalue weighted by Crippen LogP contribution is -2.25. The summed E-state index contributed by atoms with van der Waals surface area (Å²) in [7, 11) is 0. The molecule has 0 aliphatic carbocycles. The van der Waals surface area contributed by atoms with Gasteiger partial charge in [0.05, 0.1) is 6.10 Å². The summed E-state index contributed by atoms with van der Waals surface area (Å²) >= 11 is 1.75. The topological polar surface area (TPSA) is 12.5 Å². The van der Waals surface area contributed by atoms with Crippen molar-refractivity contribution in [3.8, 4) is 5.75 Å². The number of anilines is 1. The summed E-state index contributed by atoms with van der Waals surface area (Å²) in [5, 5.41) is 2.10. The van der Waals surface area contributed by atoms with E-state index in [2.05, 4.69) is 80.5 Å². The lowest BCUT2D eigenvalue weighted by atomic mass is 10.1. The highest BCUT2D eigenvalue weighted by molar-refractivity contribution is 7.10. The van der Waals surface area contributed by atoms with E-state index in [1.54, 1.807) is 11.3 Å². The van der Waals surface area contributed by atoms with Crippen LogP contribution in [0, 0.1) is 0 Å². The van der Waals surface area contributed by atoms with Gasteiger partial charge >= 0.3 is 0 Å². The molecule has 0 N–H and O–H groups in total. The second kappa shape index (κ2) is 11.1. The van der Waals surface area contributed by atoms with Gasteiger partial charge in [-0.05, 0) is 62.4 Å². The minimum atomic E-state index is 0.166. The number of nitrogens with zero attached hydrogens (tertiary/aromatic N) is 1. The first-order valence-electron chi connectivity index (χ1n) is 9.91. The third kappa shape index (κ3) is 6.53. The molecule has 0 fully saturated rings. The number of unbranched alkanes of at least 4 members (excludes halogenated alkanes) is 2. The van der Waals surface area contributed by atoms with Crippen molar-refractivity contribution < 1.29 is 4.74 Å². The maximum atomic E-state index is 6.14. The van der Waals surface area contributed by atoms with E-state index in [9.17, 15) is 0 Å². The highest BCUT2D eigenvalue weighted by atomic mass is 32.1. The van der Waals surface area contributed by atoms with E-state index in [0.717, 1.165) is 24.4 Å². The van der Waals surface area contributed by atoms with Gasteiger partial charge in [0.2, 0.25) is 0 Å². The number of ether oxygens (including phenoxy) is 1. The lowest BCUT2D eigenvalue weighted by molar-refractivity contribution is 0.242. The minimum Gasteiger partial charge on any atom is -0.490 e. The van der Waals surface area contributed by atoms with Crippen LogP contribution in [0.3, 0.4) is 0 Å². The number of rotatable bonds is 11. The Morgan fingerprint density at radius 2 is 1.77 bits per heavy atom. The van der Waals surface area contributed by atoms with Gasteiger partial charge in [0.25, 0.3) is 0 Å². The van der Waals surface area contributed by atoms with E-state index in [4.69, 9.17) is 4.74 Å². The van der Waals surface area contributed by atoms with E-state index >= 15 is 0 Å². The fraction of sp³-hybridized carbons (Fsp3) is 0.478. The molecule has 3 heteroatoms. The van der Waals surface area contributed by atoms with E-state index in [1.165, 1.54) is 36.2 Å². The van der Waals surface area contributed by atoms with E-state index in [0.29, 0.717) is 0 Å². The van der Waals surface area contributed by atoms with Gasteiger partial charge in [0.15, 0.2) is 0 Å². The Balaban J connectivity index is 2.26. The van der Waals surface area contributed by atoms with Crippen molar-refractivity contribution in [3.05, 3.63) is 46.2 Å². The van der Waals surface area contributed by atoms with Gasteiger partial charge in [-0.2, -0.15) is 0 Å². The molecule has 1 aromatic carbocycles. The van der Waals surface area contributed by atoms with Crippen LogP contribution >= 0.6 is 11.3 Å². The van der Waals surface area contributed by atoms with Crippen LogP contribution < -0.4 is 9.64 Å². The molecular weight excluding hydrogens is 338 g/mol. The molecular formula is C23H33NOS. The minimum absolute atomic E-state index is 0.166. The summed E-state index contributed by atoms with van der Waals surface area (Å²) in [6.07, 6.45) is 9.39. The van der Waals surface area contributed by atoms with Crippen molar-refractivity contribution in [2.24, 2.45) is 0 Å². The first-order valence-corrected chi connectivity index (χ1v) is 10.8. The van der Waals surface area contributed by atoms with E-state index in [-0.39, 0.29) is 6.10 Å². The zero-order chi connectivity index (χ0) is 18.8. The molecule has 0 saturated heterocycles. The van der Waals surface area contributed by atoms with Gasteiger partial charge in [0, 0.05) is 35.3 Å². The van der Waals surface area contributed by atoms with Crippen molar-refractivity contribution in [1.29, 1.82) is 0 Å². The molecule has 1 heterocycles. The Morgan fingerprint density at radius 1 is 1.04 bits per heavy atom. The number of benzene rings is 1.